The van der Waals surface area contributed by atoms with Crippen LogP contribution in [0.4, 0.5) is 0 Å². The Morgan fingerprint density at radius 3 is 1.03 bits per heavy atom. The molecular formula is C58H82O6. The molecule has 0 aromatic heterocycles. The second kappa shape index (κ2) is 50.2. The zero-order chi connectivity index (χ0) is 46.5. The van der Waals surface area contributed by atoms with E-state index in [-0.39, 0.29) is 44.0 Å². The van der Waals surface area contributed by atoms with Crippen LogP contribution in [0.1, 0.15) is 143 Å². The summed E-state index contributed by atoms with van der Waals surface area (Å²) in [6.45, 7) is 6.09. The molecule has 1 atom stereocenters. The lowest BCUT2D eigenvalue weighted by molar-refractivity contribution is -0.167. The smallest absolute Gasteiger partial charge is 0.306 e. The fourth-order valence-electron chi connectivity index (χ4n) is 5.46. The number of carbonyl (C=O) groups excluding carboxylic acids is 3. The van der Waals surface area contributed by atoms with Crippen molar-refractivity contribution in [2.75, 3.05) is 13.2 Å². The third-order valence-electron chi connectivity index (χ3n) is 8.99. The molecule has 0 amide bonds. The minimum atomic E-state index is -0.850. The molecule has 6 heteroatoms. The molecule has 0 radical (unpaired) electrons. The van der Waals surface area contributed by atoms with E-state index in [1.165, 1.54) is 6.42 Å². The molecule has 0 aliphatic heterocycles. The number of esters is 3. The van der Waals surface area contributed by atoms with Crippen LogP contribution in [0.5, 0.6) is 0 Å². The van der Waals surface area contributed by atoms with Crippen LogP contribution in [0, 0.1) is 0 Å². The molecule has 350 valence electrons. The van der Waals surface area contributed by atoms with Gasteiger partial charge in [-0.3, -0.25) is 14.4 Å². The minimum Gasteiger partial charge on any atom is -0.462 e. The van der Waals surface area contributed by atoms with Gasteiger partial charge in [0.15, 0.2) is 6.10 Å². The molecule has 0 aromatic carbocycles. The topological polar surface area (TPSA) is 78.9 Å². The summed E-state index contributed by atoms with van der Waals surface area (Å²) in [5.74, 6) is -1.11. The first-order valence-electron chi connectivity index (χ1n) is 24.0. The number of hydrogen-bond donors (Lipinski definition) is 0. The molecule has 0 saturated carbocycles. The van der Waals surface area contributed by atoms with Gasteiger partial charge in [0, 0.05) is 19.3 Å². The zero-order valence-electron chi connectivity index (χ0n) is 39.7. The molecule has 0 spiro atoms. The van der Waals surface area contributed by atoms with Crippen LogP contribution in [-0.2, 0) is 28.6 Å². The third-order valence-corrected chi connectivity index (χ3v) is 8.99. The maximum atomic E-state index is 12.8. The highest BCUT2D eigenvalue weighted by Crippen LogP contribution is 2.11. The summed E-state index contributed by atoms with van der Waals surface area (Å²) < 4.78 is 16.6. The van der Waals surface area contributed by atoms with Crippen molar-refractivity contribution in [2.24, 2.45) is 0 Å². The SMILES string of the molecule is CC/C=C/C=C/C=C/C=C/C=C/CCCCCC(=O)OC(COC(=O)CCC/C=C/C=C/C=C/C=C/C=C/CC)COC(=O)CCCCCCC/C=C/C=C/C=C/C=C/C=C/CCC. The van der Waals surface area contributed by atoms with Crippen molar-refractivity contribution >= 4 is 17.9 Å². The highest BCUT2D eigenvalue weighted by molar-refractivity contribution is 5.71. The van der Waals surface area contributed by atoms with Gasteiger partial charge < -0.3 is 14.2 Å². The first kappa shape index (κ1) is 58.5. The summed E-state index contributed by atoms with van der Waals surface area (Å²) in [7, 11) is 0. The fraction of sp³-hybridized carbons (Fsp3) is 0.431. The predicted octanol–water partition coefficient (Wildman–Crippen LogP) is 15.8. The molecule has 0 aliphatic rings. The van der Waals surface area contributed by atoms with Gasteiger partial charge in [-0.1, -0.05) is 235 Å². The molecule has 0 aliphatic carbocycles. The van der Waals surface area contributed by atoms with Crippen LogP contribution >= 0.6 is 0 Å². The van der Waals surface area contributed by atoms with Gasteiger partial charge in [0.05, 0.1) is 0 Å². The lowest BCUT2D eigenvalue weighted by Crippen LogP contribution is -2.30. The first-order chi connectivity index (χ1) is 31.5. The Labute approximate surface area is 389 Å². The Bertz CT molecular complexity index is 1610. The highest BCUT2D eigenvalue weighted by Gasteiger charge is 2.19. The summed E-state index contributed by atoms with van der Waals surface area (Å²) in [6, 6.07) is 0. The Kier molecular flexibility index (Phi) is 45.9. The average Bonchev–Trinajstić information content (AvgIpc) is 3.29. The van der Waals surface area contributed by atoms with Gasteiger partial charge in [0.2, 0.25) is 0 Å². The van der Waals surface area contributed by atoms with E-state index in [0.29, 0.717) is 19.3 Å². The highest BCUT2D eigenvalue weighted by atomic mass is 16.6. The third kappa shape index (κ3) is 47.6. The first-order valence-corrected chi connectivity index (χ1v) is 24.0. The largest absolute Gasteiger partial charge is 0.462 e. The molecular weight excluding hydrogens is 793 g/mol. The van der Waals surface area contributed by atoms with Crippen molar-refractivity contribution in [1.82, 2.24) is 0 Å². The molecule has 6 nitrogen and oxygen atoms in total. The van der Waals surface area contributed by atoms with E-state index in [0.717, 1.165) is 83.5 Å². The minimum absolute atomic E-state index is 0.143. The van der Waals surface area contributed by atoms with Crippen molar-refractivity contribution in [3.05, 3.63) is 182 Å². The monoisotopic (exact) mass is 875 g/mol. The van der Waals surface area contributed by atoms with E-state index in [1.807, 2.05) is 140 Å². The molecule has 0 saturated heterocycles. The maximum Gasteiger partial charge on any atom is 0.306 e. The number of unbranched alkanes of at least 4 members (excludes halogenated alkanes) is 10. The summed E-state index contributed by atoms with van der Waals surface area (Å²) in [5, 5.41) is 0. The van der Waals surface area contributed by atoms with E-state index in [1.54, 1.807) is 0 Å². The number of allylic oxidation sites excluding steroid dienone is 30. The van der Waals surface area contributed by atoms with E-state index < -0.39 is 6.10 Å². The molecule has 0 aromatic rings. The Morgan fingerprint density at radius 1 is 0.328 bits per heavy atom. The van der Waals surface area contributed by atoms with Crippen molar-refractivity contribution in [2.45, 2.75) is 149 Å². The van der Waals surface area contributed by atoms with E-state index in [4.69, 9.17) is 14.2 Å². The van der Waals surface area contributed by atoms with Crippen LogP contribution in [0.3, 0.4) is 0 Å². The lowest BCUT2D eigenvalue weighted by atomic mass is 10.1. The summed E-state index contributed by atoms with van der Waals surface area (Å²) in [6.07, 6.45) is 75.8. The normalized spacial score (nSPS) is 13.7. The second-order valence-electron chi connectivity index (χ2n) is 14.9. The maximum absolute atomic E-state index is 12.8. The lowest BCUT2D eigenvalue weighted by Gasteiger charge is -2.18. The fourth-order valence-corrected chi connectivity index (χ4v) is 5.46. The molecule has 0 rings (SSSR count). The Hall–Kier alpha value is -5.49. The van der Waals surface area contributed by atoms with Crippen LogP contribution in [0.15, 0.2) is 182 Å². The van der Waals surface area contributed by atoms with Gasteiger partial charge in [0.1, 0.15) is 13.2 Å². The van der Waals surface area contributed by atoms with Gasteiger partial charge >= 0.3 is 17.9 Å². The van der Waals surface area contributed by atoms with E-state index in [2.05, 4.69) is 63.3 Å². The summed E-state index contributed by atoms with van der Waals surface area (Å²) in [4.78, 5) is 37.9. The summed E-state index contributed by atoms with van der Waals surface area (Å²) in [5.41, 5.74) is 0. The van der Waals surface area contributed by atoms with Gasteiger partial charge in [0.25, 0.3) is 0 Å². The average molecular weight is 875 g/mol. The molecule has 64 heavy (non-hydrogen) atoms. The van der Waals surface area contributed by atoms with E-state index in [9.17, 15) is 14.4 Å². The van der Waals surface area contributed by atoms with Gasteiger partial charge in [-0.15, -0.1) is 0 Å². The number of hydrogen-bond acceptors (Lipinski definition) is 6. The van der Waals surface area contributed by atoms with Gasteiger partial charge in [-0.05, 0) is 70.6 Å². The Balaban J connectivity index is 4.67. The molecule has 0 bridgehead atoms. The molecule has 1 unspecified atom stereocenters. The van der Waals surface area contributed by atoms with Crippen LogP contribution in [-0.4, -0.2) is 37.2 Å². The van der Waals surface area contributed by atoms with Crippen LogP contribution in [0.25, 0.3) is 0 Å². The standard InChI is InChI=1S/C58H82O6/c1-4-7-10-13-16-19-22-25-27-28-29-31-33-36-39-42-45-48-51-57(60)63-54-55(53-62-56(59)50-47-44-41-38-35-32-24-21-18-15-12-9-6-3)64-58(61)52-49-46-43-40-37-34-30-26-23-20-17-14-11-8-5-2/h8-32,34-35,37-38,41,55H,4-7,33,36,39-40,42-54H2,1-3H3/b11-8+,12-9+,13-10+,17-14+,18-15+,19-16+,23-20+,24-21+,25-22+,28-27+,30-26+,31-29+,35-32+,37-34+,41-38+. The number of rotatable bonds is 39. The van der Waals surface area contributed by atoms with Crippen molar-refractivity contribution in [3.63, 3.8) is 0 Å². The van der Waals surface area contributed by atoms with Crippen LogP contribution < -0.4 is 0 Å². The van der Waals surface area contributed by atoms with Gasteiger partial charge in [-0.2, -0.15) is 0 Å². The number of ether oxygens (including phenoxy) is 3. The molecule has 0 fully saturated rings. The van der Waals surface area contributed by atoms with Crippen molar-refractivity contribution in [1.29, 1.82) is 0 Å². The van der Waals surface area contributed by atoms with Crippen LogP contribution in [0.2, 0.25) is 0 Å². The molecule has 0 heterocycles. The zero-order valence-corrected chi connectivity index (χ0v) is 39.7. The molecule has 0 N–H and O–H groups in total. The van der Waals surface area contributed by atoms with E-state index >= 15 is 0 Å². The second-order valence-corrected chi connectivity index (χ2v) is 14.9. The summed E-state index contributed by atoms with van der Waals surface area (Å²) >= 11 is 0. The van der Waals surface area contributed by atoms with Crippen molar-refractivity contribution in [3.8, 4) is 0 Å². The Morgan fingerprint density at radius 2 is 0.625 bits per heavy atom. The van der Waals surface area contributed by atoms with Gasteiger partial charge in [-0.25, -0.2) is 0 Å². The quantitative estimate of drug-likeness (QED) is 0.0265. The predicted molar refractivity (Wildman–Crippen MR) is 274 cm³/mol. The number of carbonyl (C=O) groups is 3. The van der Waals surface area contributed by atoms with Crippen molar-refractivity contribution < 1.29 is 28.6 Å².